The van der Waals surface area contributed by atoms with Crippen LogP contribution in [0.15, 0.2) is 22.6 Å². The molecule has 0 atom stereocenters. The van der Waals surface area contributed by atoms with Crippen molar-refractivity contribution in [3.8, 4) is 0 Å². The fraction of sp³-hybridized carbons (Fsp3) is 0.500. The second kappa shape index (κ2) is 7.74. The molecule has 0 aromatic carbocycles. The maximum atomic E-state index is 13.0. The Labute approximate surface area is 155 Å². The smallest absolute Gasteiger partial charge is 0.263 e. The van der Waals surface area contributed by atoms with Crippen molar-refractivity contribution in [1.29, 1.82) is 0 Å². The van der Waals surface area contributed by atoms with E-state index >= 15 is 0 Å². The molecular weight excluding hydrogens is 354 g/mol. The molecule has 0 fully saturated rings. The Kier molecular flexibility index (Phi) is 5.64. The Bertz CT molecular complexity index is 867. The number of rotatable bonds is 7. The lowest BCUT2D eigenvalue weighted by Gasteiger charge is -2.11. The van der Waals surface area contributed by atoms with Crippen LogP contribution in [0, 0.1) is 5.92 Å². The molecule has 134 valence electrons. The molecule has 0 unspecified atom stereocenters. The summed E-state index contributed by atoms with van der Waals surface area (Å²) in [5.74, 6) is 0.634. The molecule has 5 nitrogen and oxygen atoms in total. The van der Waals surface area contributed by atoms with Gasteiger partial charge in [0.1, 0.15) is 4.83 Å². The van der Waals surface area contributed by atoms with Crippen molar-refractivity contribution in [1.82, 2.24) is 14.9 Å². The van der Waals surface area contributed by atoms with Gasteiger partial charge in [0.25, 0.3) is 5.56 Å². The number of nitrogens with one attached hydrogen (secondary N) is 1. The number of fused-ring (bicyclic) bond motifs is 3. The third-order valence-corrected chi connectivity index (χ3v) is 6.30. The number of aromatic nitrogens is 2. The Morgan fingerprint density at radius 3 is 3.00 bits per heavy atom. The molecular formula is C18H23N3O2S2. The van der Waals surface area contributed by atoms with Crippen LogP contribution in [-0.2, 0) is 24.2 Å². The number of amides is 1. The van der Waals surface area contributed by atoms with Crippen molar-refractivity contribution >= 4 is 39.2 Å². The third-order valence-electron chi connectivity index (χ3n) is 4.14. The summed E-state index contributed by atoms with van der Waals surface area (Å²) in [6, 6.07) is 0. The van der Waals surface area contributed by atoms with Gasteiger partial charge in [0.05, 0.1) is 11.1 Å². The molecule has 1 N–H and O–H groups in total. The predicted molar refractivity (Wildman–Crippen MR) is 105 cm³/mol. The van der Waals surface area contributed by atoms with E-state index < -0.39 is 0 Å². The lowest BCUT2D eigenvalue weighted by Crippen LogP contribution is -2.29. The minimum atomic E-state index is -0.0353. The van der Waals surface area contributed by atoms with Crippen LogP contribution in [0.4, 0.5) is 0 Å². The Hall–Kier alpha value is -1.60. The van der Waals surface area contributed by atoms with Gasteiger partial charge in [0.2, 0.25) is 5.91 Å². The zero-order valence-electron chi connectivity index (χ0n) is 14.6. The highest BCUT2D eigenvalue weighted by atomic mass is 32.2. The molecule has 1 amide bonds. The average molecular weight is 378 g/mol. The van der Waals surface area contributed by atoms with Gasteiger partial charge in [-0.15, -0.1) is 17.9 Å². The highest BCUT2D eigenvalue weighted by molar-refractivity contribution is 7.99. The maximum Gasteiger partial charge on any atom is 0.263 e. The fourth-order valence-corrected chi connectivity index (χ4v) is 5.10. The molecule has 0 spiro atoms. The van der Waals surface area contributed by atoms with Crippen LogP contribution >= 0.6 is 23.1 Å². The average Bonchev–Trinajstić information content (AvgIpc) is 3.14. The first-order chi connectivity index (χ1) is 12.0. The highest BCUT2D eigenvalue weighted by Crippen LogP contribution is 2.35. The molecule has 0 aliphatic heterocycles. The van der Waals surface area contributed by atoms with Gasteiger partial charge in [0.15, 0.2) is 5.16 Å². The van der Waals surface area contributed by atoms with E-state index in [1.54, 1.807) is 22.0 Å². The second-order valence-corrected chi connectivity index (χ2v) is 8.65. The fourth-order valence-electron chi connectivity index (χ4n) is 2.96. The van der Waals surface area contributed by atoms with Gasteiger partial charge in [-0.2, -0.15) is 0 Å². The van der Waals surface area contributed by atoms with Crippen molar-refractivity contribution in [2.45, 2.75) is 44.8 Å². The normalized spacial score (nSPS) is 13.4. The second-order valence-electron chi connectivity index (χ2n) is 6.62. The summed E-state index contributed by atoms with van der Waals surface area (Å²) in [6.07, 6.45) is 4.82. The van der Waals surface area contributed by atoms with Crippen molar-refractivity contribution in [3.05, 3.63) is 33.4 Å². The minimum absolute atomic E-state index is 0.00520. The summed E-state index contributed by atoms with van der Waals surface area (Å²) in [4.78, 5) is 31.8. The highest BCUT2D eigenvalue weighted by Gasteiger charge is 2.23. The molecule has 2 aromatic rings. The van der Waals surface area contributed by atoms with E-state index in [9.17, 15) is 9.59 Å². The van der Waals surface area contributed by atoms with Crippen LogP contribution in [0.3, 0.4) is 0 Å². The first kappa shape index (κ1) is 18.2. The largest absolute Gasteiger partial charge is 0.355 e. The summed E-state index contributed by atoms with van der Waals surface area (Å²) < 4.78 is 1.64. The van der Waals surface area contributed by atoms with Crippen molar-refractivity contribution in [2.24, 2.45) is 5.92 Å². The standard InChI is InChI=1S/C18H23N3O2S2/c1-4-8-21-17(23)15-12-6-5-7-13(12)25-16(15)20-18(21)24-10-14(22)19-9-11(2)3/h4,11H,1,5-10H2,2-3H3,(H,19,22). The Morgan fingerprint density at radius 2 is 2.28 bits per heavy atom. The molecule has 7 heteroatoms. The first-order valence-electron chi connectivity index (χ1n) is 8.56. The zero-order chi connectivity index (χ0) is 18.0. The number of hydrogen-bond donors (Lipinski definition) is 1. The van der Waals surface area contributed by atoms with Crippen LogP contribution < -0.4 is 10.9 Å². The van der Waals surface area contributed by atoms with Crippen molar-refractivity contribution in [2.75, 3.05) is 12.3 Å². The van der Waals surface area contributed by atoms with Crippen molar-refractivity contribution < 1.29 is 4.79 Å². The molecule has 1 aliphatic rings. The van der Waals surface area contributed by atoms with E-state index in [1.165, 1.54) is 22.2 Å². The number of carbonyl (C=O) groups excluding carboxylic acids is 1. The Morgan fingerprint density at radius 1 is 1.48 bits per heavy atom. The summed E-state index contributed by atoms with van der Waals surface area (Å²) in [6.45, 7) is 8.92. The van der Waals surface area contributed by atoms with Crippen LogP contribution in [0.2, 0.25) is 0 Å². The lowest BCUT2D eigenvalue weighted by atomic mass is 10.2. The van der Waals surface area contributed by atoms with Gasteiger partial charge in [-0.05, 0) is 30.7 Å². The summed E-state index contributed by atoms with van der Waals surface area (Å²) in [7, 11) is 0. The maximum absolute atomic E-state index is 13.0. The zero-order valence-corrected chi connectivity index (χ0v) is 16.3. The summed E-state index contributed by atoms with van der Waals surface area (Å²) in [5, 5.41) is 4.26. The topological polar surface area (TPSA) is 64.0 Å². The number of hydrogen-bond acceptors (Lipinski definition) is 5. The van der Waals surface area contributed by atoms with E-state index in [4.69, 9.17) is 4.98 Å². The number of carbonyl (C=O) groups is 1. The molecule has 2 heterocycles. The molecule has 25 heavy (non-hydrogen) atoms. The van der Waals surface area contributed by atoms with E-state index in [0.717, 1.165) is 29.5 Å². The summed E-state index contributed by atoms with van der Waals surface area (Å²) >= 11 is 2.94. The number of nitrogens with zero attached hydrogens (tertiary/aromatic N) is 2. The predicted octanol–water partition coefficient (Wildman–Crippen LogP) is 3.00. The quantitative estimate of drug-likeness (QED) is 0.458. The van der Waals surface area contributed by atoms with Gasteiger partial charge >= 0.3 is 0 Å². The van der Waals surface area contributed by atoms with E-state index in [0.29, 0.717) is 24.2 Å². The van der Waals surface area contributed by atoms with Gasteiger partial charge in [-0.1, -0.05) is 31.7 Å². The molecule has 2 aromatic heterocycles. The van der Waals surface area contributed by atoms with E-state index in [2.05, 4.69) is 25.7 Å². The van der Waals surface area contributed by atoms with E-state index in [-0.39, 0.29) is 17.2 Å². The van der Waals surface area contributed by atoms with Crippen LogP contribution in [0.25, 0.3) is 10.2 Å². The molecule has 0 bridgehead atoms. The number of thiophene rings is 1. The number of aryl methyl sites for hydroxylation is 2. The number of thioether (sulfide) groups is 1. The van der Waals surface area contributed by atoms with Crippen LogP contribution in [-0.4, -0.2) is 27.8 Å². The first-order valence-corrected chi connectivity index (χ1v) is 10.4. The number of allylic oxidation sites excluding steroid dienone is 1. The van der Waals surface area contributed by atoms with Crippen molar-refractivity contribution in [3.63, 3.8) is 0 Å². The molecule has 0 saturated heterocycles. The SMILES string of the molecule is C=CCn1c(SCC(=O)NCC(C)C)nc2sc3c(c2c1=O)CCC3. The molecule has 1 aliphatic carbocycles. The van der Waals surface area contributed by atoms with Crippen LogP contribution in [0.5, 0.6) is 0 Å². The minimum Gasteiger partial charge on any atom is -0.355 e. The molecule has 3 rings (SSSR count). The molecule has 0 saturated carbocycles. The third kappa shape index (κ3) is 3.82. The monoisotopic (exact) mass is 377 g/mol. The van der Waals surface area contributed by atoms with Crippen LogP contribution in [0.1, 0.15) is 30.7 Å². The Balaban J connectivity index is 1.89. The van der Waals surface area contributed by atoms with Gasteiger partial charge in [-0.3, -0.25) is 14.2 Å². The van der Waals surface area contributed by atoms with Gasteiger partial charge in [0, 0.05) is 18.0 Å². The van der Waals surface area contributed by atoms with Gasteiger partial charge < -0.3 is 5.32 Å². The van der Waals surface area contributed by atoms with Gasteiger partial charge in [-0.25, -0.2) is 4.98 Å². The molecule has 0 radical (unpaired) electrons. The van der Waals surface area contributed by atoms with E-state index in [1.807, 2.05) is 0 Å². The summed E-state index contributed by atoms with van der Waals surface area (Å²) in [5.41, 5.74) is 1.18. The lowest BCUT2D eigenvalue weighted by molar-refractivity contribution is -0.118.